The molecule has 0 bridgehead atoms. The van der Waals surface area contributed by atoms with Gasteiger partial charge in [-0.2, -0.15) is 0 Å². The molecule has 1 aliphatic carbocycles. The van der Waals surface area contributed by atoms with E-state index in [4.69, 9.17) is 9.73 Å². The number of guanidine groups is 1. The summed E-state index contributed by atoms with van der Waals surface area (Å²) in [7, 11) is 2.07. The zero-order chi connectivity index (χ0) is 22.1. The number of aliphatic imine (C=N–C) groups is 1. The molecule has 1 heterocycles. The number of carbonyl (C=O) groups is 1. The molecule has 1 saturated carbocycles. The van der Waals surface area contributed by atoms with Crippen LogP contribution in [-0.2, 0) is 11.3 Å². The highest BCUT2D eigenvalue weighted by Gasteiger charge is 2.30. The molecule has 1 aromatic rings. The van der Waals surface area contributed by atoms with Crippen molar-refractivity contribution >= 4 is 11.9 Å². The zero-order valence-corrected chi connectivity index (χ0v) is 19.5. The summed E-state index contributed by atoms with van der Waals surface area (Å²) in [6.45, 7) is 11.7. The van der Waals surface area contributed by atoms with Crippen LogP contribution in [0, 0.1) is 5.92 Å². The van der Waals surface area contributed by atoms with Gasteiger partial charge in [-0.1, -0.05) is 18.6 Å². The molecule has 2 aliphatic rings. The molecular formula is C24H39N5O2. The van der Waals surface area contributed by atoms with Gasteiger partial charge < -0.3 is 19.9 Å². The number of benzene rings is 1. The molecule has 1 N–H and O–H groups in total. The van der Waals surface area contributed by atoms with Crippen LogP contribution in [0.15, 0.2) is 29.3 Å². The summed E-state index contributed by atoms with van der Waals surface area (Å²) in [6, 6.07) is 8.25. The quantitative estimate of drug-likeness (QED) is 0.483. The second-order valence-electron chi connectivity index (χ2n) is 8.46. The Hall–Kier alpha value is -2.28. The number of ether oxygens (including phenoxy) is 1. The van der Waals surface area contributed by atoms with Crippen molar-refractivity contribution in [1.82, 2.24) is 20.0 Å². The van der Waals surface area contributed by atoms with Gasteiger partial charge >= 0.3 is 0 Å². The van der Waals surface area contributed by atoms with Crippen LogP contribution in [0.2, 0.25) is 0 Å². The van der Waals surface area contributed by atoms with E-state index in [1.807, 2.05) is 19.1 Å². The second-order valence-corrected chi connectivity index (χ2v) is 8.46. The molecule has 31 heavy (non-hydrogen) atoms. The first-order chi connectivity index (χ1) is 15.1. The summed E-state index contributed by atoms with van der Waals surface area (Å²) < 4.78 is 5.53. The van der Waals surface area contributed by atoms with Crippen molar-refractivity contribution in [3.8, 4) is 5.75 Å². The van der Waals surface area contributed by atoms with E-state index in [0.29, 0.717) is 18.4 Å². The number of amides is 1. The number of rotatable bonds is 9. The molecule has 1 amide bonds. The molecule has 0 spiro atoms. The minimum Gasteiger partial charge on any atom is -0.494 e. The minimum atomic E-state index is 0.310. The van der Waals surface area contributed by atoms with Gasteiger partial charge in [-0.15, -0.1) is 0 Å². The number of carbonyl (C=O) groups excluding carboxylic acids is 1. The van der Waals surface area contributed by atoms with Crippen LogP contribution >= 0.6 is 0 Å². The predicted octanol–water partition coefficient (Wildman–Crippen LogP) is 2.43. The van der Waals surface area contributed by atoms with Crippen LogP contribution in [0.25, 0.3) is 0 Å². The van der Waals surface area contributed by atoms with Crippen molar-refractivity contribution in [2.24, 2.45) is 10.9 Å². The monoisotopic (exact) mass is 429 g/mol. The van der Waals surface area contributed by atoms with E-state index in [1.165, 1.54) is 12.0 Å². The molecule has 0 radical (unpaired) electrons. The van der Waals surface area contributed by atoms with E-state index in [2.05, 4.69) is 46.1 Å². The highest BCUT2D eigenvalue weighted by molar-refractivity contribution is 5.80. The molecule has 172 valence electrons. The third-order valence-electron chi connectivity index (χ3n) is 6.17. The fourth-order valence-corrected chi connectivity index (χ4v) is 4.08. The molecule has 0 atom stereocenters. The number of piperazine rings is 1. The second kappa shape index (κ2) is 11.9. The standard InChI is InChI=1S/C24H39N5O2/c1-4-25-24(27(3)19-20-9-11-22(12-10-20)31-5-2)26-13-14-28-15-17-29(18-16-28)23(30)21-7-6-8-21/h9-12,21H,4-8,13-19H2,1-3H3,(H,25,26). The van der Waals surface area contributed by atoms with E-state index < -0.39 is 0 Å². The first kappa shape index (κ1) is 23.4. The lowest BCUT2D eigenvalue weighted by Crippen LogP contribution is -2.51. The molecule has 7 heteroatoms. The fourth-order valence-electron chi connectivity index (χ4n) is 4.08. The van der Waals surface area contributed by atoms with Crippen LogP contribution < -0.4 is 10.1 Å². The molecule has 0 aromatic heterocycles. The van der Waals surface area contributed by atoms with Crippen molar-refractivity contribution in [1.29, 1.82) is 0 Å². The third kappa shape index (κ3) is 6.86. The Labute approximate surface area is 187 Å². The van der Waals surface area contributed by atoms with Gasteiger partial charge in [0, 0.05) is 58.8 Å². The Bertz CT molecular complexity index is 709. The molecule has 0 unspecified atom stereocenters. The lowest BCUT2D eigenvalue weighted by molar-refractivity contribution is -0.139. The van der Waals surface area contributed by atoms with Gasteiger partial charge in [0.2, 0.25) is 5.91 Å². The minimum absolute atomic E-state index is 0.310. The van der Waals surface area contributed by atoms with Crippen LogP contribution in [0.1, 0.15) is 38.7 Å². The molecule has 1 saturated heterocycles. The molecule has 3 rings (SSSR count). The van der Waals surface area contributed by atoms with Gasteiger partial charge in [-0.05, 0) is 44.4 Å². The summed E-state index contributed by atoms with van der Waals surface area (Å²) in [5, 5.41) is 3.40. The third-order valence-corrected chi connectivity index (χ3v) is 6.17. The maximum Gasteiger partial charge on any atom is 0.225 e. The van der Waals surface area contributed by atoms with E-state index in [9.17, 15) is 4.79 Å². The van der Waals surface area contributed by atoms with Crippen molar-refractivity contribution < 1.29 is 9.53 Å². The Balaban J connectivity index is 1.44. The van der Waals surface area contributed by atoms with Crippen molar-refractivity contribution in [2.45, 2.75) is 39.7 Å². The topological polar surface area (TPSA) is 60.4 Å². The Kier molecular flexibility index (Phi) is 9.00. The molecule has 7 nitrogen and oxygen atoms in total. The highest BCUT2D eigenvalue weighted by Crippen LogP contribution is 2.28. The van der Waals surface area contributed by atoms with Crippen molar-refractivity contribution in [2.75, 3.05) is 59.5 Å². The largest absolute Gasteiger partial charge is 0.494 e. The number of hydrogen-bond acceptors (Lipinski definition) is 4. The Morgan fingerprint density at radius 3 is 2.45 bits per heavy atom. The van der Waals surface area contributed by atoms with E-state index in [1.54, 1.807) is 0 Å². The van der Waals surface area contributed by atoms with Crippen LogP contribution in [-0.4, -0.2) is 86.0 Å². The average molecular weight is 430 g/mol. The summed E-state index contributed by atoms with van der Waals surface area (Å²) in [5.41, 5.74) is 1.23. The summed E-state index contributed by atoms with van der Waals surface area (Å²) in [5.74, 6) is 2.53. The van der Waals surface area contributed by atoms with Gasteiger partial charge in [-0.3, -0.25) is 14.7 Å². The SMILES string of the molecule is CCNC(=NCCN1CCN(C(=O)C2CCC2)CC1)N(C)Cc1ccc(OCC)cc1. The lowest BCUT2D eigenvalue weighted by Gasteiger charge is -2.38. The normalized spacial score (nSPS) is 17.9. The van der Waals surface area contributed by atoms with Gasteiger partial charge in [0.1, 0.15) is 5.75 Å². The number of nitrogens with one attached hydrogen (secondary N) is 1. The van der Waals surface area contributed by atoms with E-state index in [0.717, 1.165) is 76.9 Å². The molecule has 2 fully saturated rings. The maximum absolute atomic E-state index is 12.4. The van der Waals surface area contributed by atoms with Crippen molar-refractivity contribution in [3.05, 3.63) is 29.8 Å². The van der Waals surface area contributed by atoms with Crippen LogP contribution in [0.5, 0.6) is 5.75 Å². The van der Waals surface area contributed by atoms with Crippen LogP contribution in [0.3, 0.4) is 0 Å². The average Bonchev–Trinajstić information content (AvgIpc) is 2.74. The van der Waals surface area contributed by atoms with Crippen molar-refractivity contribution in [3.63, 3.8) is 0 Å². The fraction of sp³-hybridized carbons (Fsp3) is 0.667. The Morgan fingerprint density at radius 2 is 1.87 bits per heavy atom. The first-order valence-corrected chi connectivity index (χ1v) is 11.8. The number of hydrogen-bond donors (Lipinski definition) is 1. The van der Waals surface area contributed by atoms with Crippen LogP contribution in [0.4, 0.5) is 0 Å². The summed E-state index contributed by atoms with van der Waals surface area (Å²) >= 11 is 0. The van der Waals surface area contributed by atoms with Gasteiger partial charge in [0.15, 0.2) is 5.96 Å². The highest BCUT2D eigenvalue weighted by atomic mass is 16.5. The van der Waals surface area contributed by atoms with Gasteiger partial charge in [0.05, 0.1) is 13.2 Å². The summed E-state index contributed by atoms with van der Waals surface area (Å²) in [4.78, 5) is 23.9. The first-order valence-electron chi connectivity index (χ1n) is 11.8. The lowest BCUT2D eigenvalue weighted by atomic mass is 9.84. The zero-order valence-electron chi connectivity index (χ0n) is 19.5. The molecule has 1 aromatic carbocycles. The molecular weight excluding hydrogens is 390 g/mol. The Morgan fingerprint density at radius 1 is 1.16 bits per heavy atom. The summed E-state index contributed by atoms with van der Waals surface area (Å²) in [6.07, 6.45) is 3.39. The van der Waals surface area contributed by atoms with E-state index >= 15 is 0 Å². The van der Waals surface area contributed by atoms with E-state index in [-0.39, 0.29) is 0 Å². The maximum atomic E-state index is 12.4. The van der Waals surface area contributed by atoms with Gasteiger partial charge in [0.25, 0.3) is 0 Å². The van der Waals surface area contributed by atoms with Gasteiger partial charge in [-0.25, -0.2) is 0 Å². The predicted molar refractivity (Wildman–Crippen MR) is 125 cm³/mol. The number of nitrogens with zero attached hydrogens (tertiary/aromatic N) is 4. The molecule has 1 aliphatic heterocycles. The smallest absolute Gasteiger partial charge is 0.225 e.